The van der Waals surface area contributed by atoms with Crippen molar-refractivity contribution in [1.82, 2.24) is 4.13 Å². The van der Waals surface area contributed by atoms with Crippen LogP contribution in [0.2, 0.25) is 0 Å². The summed E-state index contributed by atoms with van der Waals surface area (Å²) in [5.41, 5.74) is 0. The molecule has 0 aliphatic heterocycles. The van der Waals surface area contributed by atoms with Crippen LogP contribution in [0.3, 0.4) is 0 Å². The van der Waals surface area contributed by atoms with Crippen molar-refractivity contribution in [3.8, 4) is 0 Å². The van der Waals surface area contributed by atoms with Gasteiger partial charge in [0.1, 0.15) is 14.8 Å². The fourth-order valence-corrected chi connectivity index (χ4v) is 6.83. The normalized spacial score (nSPS) is 16.5. The van der Waals surface area contributed by atoms with Gasteiger partial charge >= 0.3 is 5.97 Å². The van der Waals surface area contributed by atoms with Crippen LogP contribution in [0.15, 0.2) is 16.3 Å². The van der Waals surface area contributed by atoms with Gasteiger partial charge in [-0.15, -0.1) is 11.3 Å². The number of carbonyl (C=O) groups is 1. The Morgan fingerprint density at radius 3 is 2.40 bits per heavy atom. The predicted octanol–water partition coefficient (Wildman–Crippen LogP) is 3.22. The van der Waals surface area contributed by atoms with Gasteiger partial charge in [0, 0.05) is 4.75 Å². The number of hydrogen-bond donors (Lipinski definition) is 2. The standard InChI is InChI=1S/C12H22N2O3S3/c1-12(2,3)19(5,6)14-20(13,16)9-7-8-18-10(9)11(15)17-4/h7-8H,1-6H3,(H2,13,14,16). The van der Waals surface area contributed by atoms with Crippen LogP contribution in [0.5, 0.6) is 0 Å². The zero-order chi connectivity index (χ0) is 15.8. The molecule has 20 heavy (non-hydrogen) atoms. The van der Waals surface area contributed by atoms with Crippen LogP contribution >= 0.6 is 21.6 Å². The lowest BCUT2D eigenvalue weighted by Gasteiger charge is -2.45. The summed E-state index contributed by atoms with van der Waals surface area (Å²) < 4.78 is 28.4. The first kappa shape index (κ1) is 17.5. The van der Waals surface area contributed by atoms with Crippen LogP contribution in [0, 0.1) is 4.78 Å². The average molecular weight is 339 g/mol. The molecule has 0 aliphatic rings. The summed E-state index contributed by atoms with van der Waals surface area (Å²) in [6, 6.07) is 1.55. The average Bonchev–Trinajstić information content (AvgIpc) is 2.74. The van der Waals surface area contributed by atoms with Gasteiger partial charge in [0.05, 0.1) is 12.0 Å². The Hall–Kier alpha value is -0.570. The van der Waals surface area contributed by atoms with E-state index in [2.05, 4.69) is 8.86 Å². The molecule has 116 valence electrons. The summed E-state index contributed by atoms with van der Waals surface area (Å²) in [4.78, 5) is 12.1. The van der Waals surface area contributed by atoms with Crippen molar-refractivity contribution < 1.29 is 13.7 Å². The Bertz CT molecular complexity index is 598. The topological polar surface area (TPSA) is 79.2 Å². The summed E-state index contributed by atoms with van der Waals surface area (Å²) in [7, 11) is -3.46. The molecule has 8 heteroatoms. The Labute approximate surface area is 126 Å². The fourth-order valence-electron chi connectivity index (χ4n) is 1.23. The highest BCUT2D eigenvalue weighted by Crippen LogP contribution is 2.50. The zero-order valence-corrected chi connectivity index (χ0v) is 15.1. The lowest BCUT2D eigenvalue weighted by atomic mass is 10.3. The quantitative estimate of drug-likeness (QED) is 0.827. The highest BCUT2D eigenvalue weighted by Gasteiger charge is 2.33. The van der Waals surface area contributed by atoms with E-state index < -0.39 is 26.1 Å². The van der Waals surface area contributed by atoms with Crippen LogP contribution in [0.1, 0.15) is 30.4 Å². The summed E-state index contributed by atoms with van der Waals surface area (Å²) >= 11 is 1.14. The third kappa shape index (κ3) is 3.55. The molecule has 0 amide bonds. The molecule has 1 atom stereocenters. The minimum atomic E-state index is -3.25. The molecule has 0 fully saturated rings. The largest absolute Gasteiger partial charge is 0.465 e. The number of methoxy groups -OCH3 is 1. The number of rotatable bonds is 4. The second-order valence-corrected chi connectivity index (χ2v) is 12.7. The molecule has 1 rings (SSSR count). The van der Waals surface area contributed by atoms with Crippen molar-refractivity contribution >= 4 is 37.4 Å². The number of hydrogen-bond acceptors (Lipinski definition) is 5. The summed E-state index contributed by atoms with van der Waals surface area (Å²) in [6.45, 7) is 6.12. The van der Waals surface area contributed by atoms with Gasteiger partial charge in [-0.05, 0) is 24.0 Å². The van der Waals surface area contributed by atoms with E-state index in [4.69, 9.17) is 4.78 Å². The molecule has 1 heterocycles. The molecule has 0 bridgehead atoms. The second kappa shape index (κ2) is 5.67. The molecule has 0 saturated heterocycles. The third-order valence-corrected chi connectivity index (χ3v) is 10.8. The van der Waals surface area contributed by atoms with Gasteiger partial charge in [0.15, 0.2) is 0 Å². The lowest BCUT2D eigenvalue weighted by Crippen LogP contribution is -2.37. The van der Waals surface area contributed by atoms with Crippen molar-refractivity contribution in [2.75, 3.05) is 19.6 Å². The molecular weight excluding hydrogens is 316 g/mol. The molecule has 1 unspecified atom stereocenters. The van der Waals surface area contributed by atoms with Crippen LogP contribution in [0.4, 0.5) is 0 Å². The van der Waals surface area contributed by atoms with E-state index in [0.29, 0.717) is 0 Å². The van der Waals surface area contributed by atoms with Gasteiger partial charge in [0.25, 0.3) is 0 Å². The Morgan fingerprint density at radius 2 is 1.95 bits per heavy atom. The van der Waals surface area contributed by atoms with Crippen molar-refractivity contribution in [2.24, 2.45) is 0 Å². The van der Waals surface area contributed by atoms with Crippen molar-refractivity contribution in [3.05, 3.63) is 16.3 Å². The fraction of sp³-hybridized carbons (Fsp3) is 0.583. The molecule has 1 aromatic rings. The molecular formula is C12H22N2O3S3. The first-order valence-electron chi connectivity index (χ1n) is 5.88. The van der Waals surface area contributed by atoms with E-state index in [9.17, 15) is 9.00 Å². The summed E-state index contributed by atoms with van der Waals surface area (Å²) in [5.74, 6) is -0.555. The maximum atomic E-state index is 12.7. The highest BCUT2D eigenvalue weighted by molar-refractivity contribution is 8.36. The lowest BCUT2D eigenvalue weighted by molar-refractivity contribution is 0.0602. The number of carbonyl (C=O) groups excluding carboxylic acids is 1. The Morgan fingerprint density at radius 1 is 1.40 bits per heavy atom. The van der Waals surface area contributed by atoms with Gasteiger partial charge < -0.3 is 4.74 Å². The van der Waals surface area contributed by atoms with Gasteiger partial charge in [-0.1, -0.05) is 20.8 Å². The number of esters is 1. The van der Waals surface area contributed by atoms with E-state index in [1.54, 1.807) is 11.4 Å². The van der Waals surface area contributed by atoms with E-state index >= 15 is 0 Å². The van der Waals surface area contributed by atoms with Crippen molar-refractivity contribution in [1.29, 1.82) is 4.78 Å². The SMILES string of the molecule is COC(=O)c1sccc1S(=N)(=O)NS(C)(C)C(C)(C)C. The van der Waals surface area contributed by atoms with Gasteiger partial charge in [-0.25, -0.2) is 13.8 Å². The minimum Gasteiger partial charge on any atom is -0.465 e. The third-order valence-electron chi connectivity index (χ3n) is 3.17. The molecule has 0 aromatic carbocycles. The summed E-state index contributed by atoms with van der Waals surface area (Å²) in [5, 5.41) is 1.65. The molecule has 1 aromatic heterocycles. The van der Waals surface area contributed by atoms with E-state index in [1.165, 1.54) is 7.11 Å². The molecule has 5 nitrogen and oxygen atoms in total. The molecule has 0 saturated carbocycles. The molecule has 2 N–H and O–H groups in total. The number of thiophene rings is 1. The maximum Gasteiger partial charge on any atom is 0.349 e. The van der Waals surface area contributed by atoms with E-state index in [-0.39, 0.29) is 14.5 Å². The van der Waals surface area contributed by atoms with Crippen molar-refractivity contribution in [3.63, 3.8) is 0 Å². The monoisotopic (exact) mass is 338 g/mol. The van der Waals surface area contributed by atoms with Gasteiger partial charge in [-0.2, -0.15) is 14.3 Å². The number of ether oxygens (including phenoxy) is 1. The first-order valence-corrected chi connectivity index (χ1v) is 10.8. The minimum absolute atomic E-state index is 0.113. The van der Waals surface area contributed by atoms with Crippen molar-refractivity contribution in [2.45, 2.75) is 30.4 Å². The second-order valence-electron chi connectivity index (χ2n) is 5.68. The highest BCUT2D eigenvalue weighted by atomic mass is 32.3. The summed E-state index contributed by atoms with van der Waals surface area (Å²) in [6.07, 6.45) is 3.96. The van der Waals surface area contributed by atoms with Crippen LogP contribution < -0.4 is 4.13 Å². The molecule has 0 aliphatic carbocycles. The smallest absolute Gasteiger partial charge is 0.349 e. The molecule has 0 spiro atoms. The first-order chi connectivity index (χ1) is 8.92. The maximum absolute atomic E-state index is 12.7. The number of nitrogens with one attached hydrogen (secondary N) is 2. The Balaban J connectivity index is 3.20. The van der Waals surface area contributed by atoms with Crippen LogP contribution in [-0.4, -0.2) is 34.5 Å². The predicted molar refractivity (Wildman–Crippen MR) is 87.1 cm³/mol. The van der Waals surface area contributed by atoms with E-state index in [0.717, 1.165) is 11.3 Å². The molecule has 0 radical (unpaired) electrons. The van der Waals surface area contributed by atoms with Gasteiger partial charge in [-0.3, -0.25) is 0 Å². The van der Waals surface area contributed by atoms with Gasteiger partial charge in [0.2, 0.25) is 0 Å². The Kier molecular flexibility index (Phi) is 4.95. The zero-order valence-electron chi connectivity index (χ0n) is 12.6. The van der Waals surface area contributed by atoms with Crippen LogP contribution in [0.25, 0.3) is 0 Å². The van der Waals surface area contributed by atoms with Crippen LogP contribution in [-0.2, 0) is 14.7 Å². The van der Waals surface area contributed by atoms with E-state index in [1.807, 2.05) is 33.3 Å².